The molecule has 0 saturated heterocycles. The normalized spacial score (nSPS) is 21.3. The third kappa shape index (κ3) is 3.37. The number of benzene rings is 1. The van der Waals surface area contributed by atoms with Crippen molar-refractivity contribution >= 4 is 27.5 Å². The lowest BCUT2D eigenvalue weighted by Gasteiger charge is -2.19. The molecular formula is C13H13BrF2N2O3. The molecule has 2 rings (SSSR count). The van der Waals surface area contributed by atoms with Gasteiger partial charge in [-0.05, 0) is 24.8 Å². The molecule has 1 aromatic carbocycles. The van der Waals surface area contributed by atoms with Gasteiger partial charge >= 0.3 is 5.69 Å². The Kier molecular flexibility index (Phi) is 4.87. The molecule has 1 amide bonds. The fourth-order valence-corrected chi connectivity index (χ4v) is 3.31. The number of nitro benzene ring substituents is 1. The van der Waals surface area contributed by atoms with Crippen molar-refractivity contribution in [2.24, 2.45) is 5.92 Å². The first-order valence-electron chi connectivity index (χ1n) is 6.44. The fourth-order valence-electron chi connectivity index (χ4n) is 2.53. The molecule has 8 heteroatoms. The van der Waals surface area contributed by atoms with Crippen LogP contribution in [0.1, 0.15) is 29.6 Å². The largest absolute Gasteiger partial charge is 0.349 e. The number of nitrogens with zero attached hydrogens (tertiary/aromatic N) is 1. The maximum Gasteiger partial charge on any atom is 0.308 e. The van der Waals surface area contributed by atoms with E-state index in [2.05, 4.69) is 21.2 Å². The van der Waals surface area contributed by atoms with Crippen LogP contribution < -0.4 is 5.32 Å². The van der Waals surface area contributed by atoms with Crippen LogP contribution in [0.2, 0.25) is 0 Å². The van der Waals surface area contributed by atoms with Crippen molar-refractivity contribution in [1.29, 1.82) is 0 Å². The average Bonchev–Trinajstić information content (AvgIpc) is 2.87. The number of hydrogen-bond acceptors (Lipinski definition) is 3. The van der Waals surface area contributed by atoms with Crippen LogP contribution in [0.15, 0.2) is 12.1 Å². The van der Waals surface area contributed by atoms with Crippen molar-refractivity contribution in [1.82, 2.24) is 5.32 Å². The van der Waals surface area contributed by atoms with Crippen molar-refractivity contribution in [2.75, 3.05) is 5.33 Å². The zero-order valence-electron chi connectivity index (χ0n) is 10.9. The topological polar surface area (TPSA) is 72.2 Å². The molecule has 0 heterocycles. The highest BCUT2D eigenvalue weighted by atomic mass is 79.9. The van der Waals surface area contributed by atoms with E-state index < -0.39 is 33.7 Å². The molecule has 1 N–H and O–H groups in total. The minimum absolute atomic E-state index is 0.140. The molecule has 5 nitrogen and oxygen atoms in total. The summed E-state index contributed by atoms with van der Waals surface area (Å²) in [6, 6.07) is 0.997. The van der Waals surface area contributed by atoms with Gasteiger partial charge in [-0.3, -0.25) is 14.9 Å². The molecule has 1 fully saturated rings. The van der Waals surface area contributed by atoms with Gasteiger partial charge in [0.2, 0.25) is 5.82 Å². The molecule has 2 atom stereocenters. The maximum absolute atomic E-state index is 13.9. The van der Waals surface area contributed by atoms with E-state index in [4.69, 9.17) is 0 Å². The van der Waals surface area contributed by atoms with Gasteiger partial charge in [0.25, 0.3) is 5.91 Å². The number of hydrogen-bond donors (Lipinski definition) is 1. The minimum atomic E-state index is -1.31. The van der Waals surface area contributed by atoms with E-state index in [0.717, 1.165) is 19.3 Å². The predicted octanol–water partition coefficient (Wildman–Crippen LogP) is 3.17. The number of carbonyl (C=O) groups is 1. The second kappa shape index (κ2) is 6.46. The van der Waals surface area contributed by atoms with E-state index in [9.17, 15) is 23.7 Å². The molecular weight excluding hydrogens is 350 g/mol. The van der Waals surface area contributed by atoms with Gasteiger partial charge in [-0.1, -0.05) is 22.4 Å². The molecule has 21 heavy (non-hydrogen) atoms. The summed E-state index contributed by atoms with van der Waals surface area (Å²) in [6.07, 6.45) is 2.62. The summed E-state index contributed by atoms with van der Waals surface area (Å²) < 4.78 is 27.3. The summed E-state index contributed by atoms with van der Waals surface area (Å²) in [7, 11) is 0. The van der Waals surface area contributed by atoms with E-state index in [-0.39, 0.29) is 12.0 Å². The van der Waals surface area contributed by atoms with Crippen LogP contribution in [-0.2, 0) is 0 Å². The Morgan fingerprint density at radius 3 is 2.76 bits per heavy atom. The second-order valence-electron chi connectivity index (χ2n) is 4.97. The first kappa shape index (κ1) is 15.8. The van der Waals surface area contributed by atoms with Crippen molar-refractivity contribution in [3.8, 4) is 0 Å². The minimum Gasteiger partial charge on any atom is -0.349 e. The van der Waals surface area contributed by atoms with Gasteiger partial charge in [0.15, 0.2) is 0 Å². The molecule has 0 radical (unpaired) electrons. The Bertz CT molecular complexity index is 583. The number of alkyl halides is 1. The summed E-state index contributed by atoms with van der Waals surface area (Å²) in [4.78, 5) is 21.7. The molecule has 1 aromatic rings. The molecule has 2 unspecified atom stereocenters. The fraction of sp³-hybridized carbons (Fsp3) is 0.462. The molecule has 0 aliphatic heterocycles. The summed E-state index contributed by atoms with van der Waals surface area (Å²) in [6.45, 7) is 0. The highest BCUT2D eigenvalue weighted by Crippen LogP contribution is 2.28. The Morgan fingerprint density at radius 2 is 2.14 bits per heavy atom. The van der Waals surface area contributed by atoms with Crippen LogP contribution in [-0.4, -0.2) is 22.2 Å². The summed E-state index contributed by atoms with van der Waals surface area (Å²) in [5.41, 5.74) is -1.68. The number of rotatable bonds is 4. The lowest BCUT2D eigenvalue weighted by Crippen LogP contribution is -2.38. The van der Waals surface area contributed by atoms with Crippen LogP contribution in [0, 0.1) is 27.7 Å². The Morgan fingerprint density at radius 1 is 1.43 bits per heavy atom. The summed E-state index contributed by atoms with van der Waals surface area (Å²) in [5.74, 6) is -2.93. The molecule has 1 aliphatic carbocycles. The molecule has 0 aromatic heterocycles. The molecule has 0 bridgehead atoms. The third-order valence-electron chi connectivity index (χ3n) is 3.63. The standard InChI is InChI=1S/C13H13BrF2N2O3/c14-6-7-2-1-3-10(7)17-13(19)9-4-8(15)5-11(12(9)16)18(20)21/h4-5,7,10H,1-3,6H2,(H,17,19). The zero-order chi connectivity index (χ0) is 15.6. The van der Waals surface area contributed by atoms with Crippen molar-refractivity contribution in [2.45, 2.75) is 25.3 Å². The molecule has 0 spiro atoms. The SMILES string of the molecule is O=C(NC1CCCC1CBr)c1cc(F)cc([N+](=O)[O-])c1F. The number of nitro groups is 1. The highest BCUT2D eigenvalue weighted by molar-refractivity contribution is 9.09. The quantitative estimate of drug-likeness (QED) is 0.507. The lowest BCUT2D eigenvalue weighted by atomic mass is 10.1. The van der Waals surface area contributed by atoms with Gasteiger partial charge in [-0.2, -0.15) is 4.39 Å². The predicted molar refractivity (Wildman–Crippen MR) is 75.4 cm³/mol. The van der Waals surface area contributed by atoms with Gasteiger partial charge in [0.05, 0.1) is 16.6 Å². The first-order valence-corrected chi connectivity index (χ1v) is 7.56. The smallest absolute Gasteiger partial charge is 0.308 e. The lowest BCUT2D eigenvalue weighted by molar-refractivity contribution is -0.387. The molecule has 114 valence electrons. The van der Waals surface area contributed by atoms with Crippen LogP contribution >= 0.6 is 15.9 Å². The van der Waals surface area contributed by atoms with Crippen molar-refractivity contribution < 1.29 is 18.5 Å². The summed E-state index contributed by atoms with van der Waals surface area (Å²) >= 11 is 3.34. The zero-order valence-corrected chi connectivity index (χ0v) is 12.5. The Balaban J connectivity index is 2.25. The molecule has 1 saturated carbocycles. The number of amides is 1. The first-order chi connectivity index (χ1) is 9.93. The van der Waals surface area contributed by atoms with Crippen molar-refractivity contribution in [3.63, 3.8) is 0 Å². The van der Waals surface area contributed by atoms with Gasteiger partial charge in [0.1, 0.15) is 5.82 Å². The summed E-state index contributed by atoms with van der Waals surface area (Å²) in [5, 5.41) is 14.0. The molecule has 1 aliphatic rings. The van der Waals surface area contributed by atoms with Crippen LogP contribution in [0.3, 0.4) is 0 Å². The third-order valence-corrected chi connectivity index (χ3v) is 4.46. The monoisotopic (exact) mass is 362 g/mol. The Hall–Kier alpha value is -1.57. The van der Waals surface area contributed by atoms with Crippen LogP contribution in [0.5, 0.6) is 0 Å². The van der Waals surface area contributed by atoms with Gasteiger partial charge in [-0.15, -0.1) is 0 Å². The number of nitrogens with one attached hydrogen (secondary N) is 1. The van der Waals surface area contributed by atoms with Crippen molar-refractivity contribution in [3.05, 3.63) is 39.4 Å². The van der Waals surface area contributed by atoms with Crippen LogP contribution in [0.4, 0.5) is 14.5 Å². The van der Waals surface area contributed by atoms with Gasteiger partial charge in [-0.25, -0.2) is 4.39 Å². The maximum atomic E-state index is 13.9. The van der Waals surface area contributed by atoms with E-state index in [0.29, 0.717) is 17.5 Å². The Labute approximate surface area is 128 Å². The second-order valence-corrected chi connectivity index (χ2v) is 5.62. The van der Waals surface area contributed by atoms with E-state index in [1.165, 1.54) is 0 Å². The highest BCUT2D eigenvalue weighted by Gasteiger charge is 2.30. The van der Waals surface area contributed by atoms with Gasteiger partial charge in [0, 0.05) is 11.4 Å². The van der Waals surface area contributed by atoms with Crippen LogP contribution in [0.25, 0.3) is 0 Å². The average molecular weight is 363 g/mol. The van der Waals surface area contributed by atoms with E-state index >= 15 is 0 Å². The number of halogens is 3. The number of carbonyl (C=O) groups excluding carboxylic acids is 1. The van der Waals surface area contributed by atoms with E-state index in [1.807, 2.05) is 0 Å². The van der Waals surface area contributed by atoms with E-state index in [1.54, 1.807) is 0 Å². The van der Waals surface area contributed by atoms with Gasteiger partial charge < -0.3 is 5.32 Å².